The van der Waals surface area contributed by atoms with Crippen molar-refractivity contribution in [1.29, 1.82) is 0 Å². The SMILES string of the molecule is CC1CCCCN1C(=O)NCc1ccc(Cn2ccccc2=O)cc1. The second-order valence-corrected chi connectivity index (χ2v) is 6.68. The smallest absolute Gasteiger partial charge is 0.317 e. The van der Waals surface area contributed by atoms with E-state index in [1.165, 1.54) is 6.42 Å². The molecular weight excluding hydrogens is 314 g/mol. The highest BCUT2D eigenvalue weighted by atomic mass is 16.2. The number of nitrogens with zero attached hydrogens (tertiary/aromatic N) is 2. The van der Waals surface area contributed by atoms with Gasteiger partial charge in [-0.3, -0.25) is 4.79 Å². The normalized spacial score (nSPS) is 17.3. The van der Waals surface area contributed by atoms with E-state index in [0.717, 1.165) is 30.5 Å². The molecule has 3 rings (SSSR count). The lowest BCUT2D eigenvalue weighted by Gasteiger charge is -2.33. The highest BCUT2D eigenvalue weighted by molar-refractivity contribution is 5.74. The van der Waals surface area contributed by atoms with E-state index in [4.69, 9.17) is 0 Å². The second-order valence-electron chi connectivity index (χ2n) is 6.68. The molecule has 0 radical (unpaired) electrons. The Morgan fingerprint density at radius 3 is 2.60 bits per heavy atom. The summed E-state index contributed by atoms with van der Waals surface area (Å²) in [5.41, 5.74) is 2.12. The molecule has 132 valence electrons. The van der Waals surface area contributed by atoms with Gasteiger partial charge in [-0.05, 0) is 43.4 Å². The lowest BCUT2D eigenvalue weighted by atomic mass is 10.0. The van der Waals surface area contributed by atoms with Gasteiger partial charge in [0, 0.05) is 31.4 Å². The Balaban J connectivity index is 1.55. The standard InChI is InChI=1S/C20H25N3O2/c1-16-6-2-5-13-23(16)20(25)21-14-17-8-10-18(11-9-17)15-22-12-4-3-7-19(22)24/h3-4,7-12,16H,2,5-6,13-15H2,1H3,(H,21,25). The van der Waals surface area contributed by atoms with E-state index in [-0.39, 0.29) is 11.6 Å². The van der Waals surface area contributed by atoms with Crippen LogP contribution in [0.5, 0.6) is 0 Å². The van der Waals surface area contributed by atoms with Crippen LogP contribution in [-0.2, 0) is 13.1 Å². The molecule has 1 fully saturated rings. The van der Waals surface area contributed by atoms with Crippen LogP contribution in [0.4, 0.5) is 4.79 Å². The number of aromatic nitrogens is 1. The van der Waals surface area contributed by atoms with E-state index < -0.39 is 0 Å². The minimum absolute atomic E-state index is 0.00510. The van der Waals surface area contributed by atoms with E-state index in [1.54, 1.807) is 22.9 Å². The van der Waals surface area contributed by atoms with Gasteiger partial charge in [0.05, 0.1) is 6.54 Å². The predicted molar refractivity (Wildman–Crippen MR) is 98.5 cm³/mol. The Kier molecular flexibility index (Phi) is 5.53. The summed E-state index contributed by atoms with van der Waals surface area (Å²) in [6, 6.07) is 13.5. The average Bonchev–Trinajstić information content (AvgIpc) is 2.63. The molecule has 1 atom stereocenters. The monoisotopic (exact) mass is 339 g/mol. The van der Waals surface area contributed by atoms with Gasteiger partial charge in [0.2, 0.25) is 0 Å². The number of urea groups is 1. The molecule has 5 nitrogen and oxygen atoms in total. The number of rotatable bonds is 4. The summed E-state index contributed by atoms with van der Waals surface area (Å²) in [5.74, 6) is 0. The summed E-state index contributed by atoms with van der Waals surface area (Å²) in [4.78, 5) is 26.0. The van der Waals surface area contributed by atoms with Crippen LogP contribution in [0.3, 0.4) is 0 Å². The fourth-order valence-corrected chi connectivity index (χ4v) is 3.23. The van der Waals surface area contributed by atoms with Crippen LogP contribution in [0.2, 0.25) is 0 Å². The van der Waals surface area contributed by atoms with E-state index >= 15 is 0 Å². The minimum atomic E-state index is -0.00510. The van der Waals surface area contributed by atoms with Crippen LogP contribution in [0.1, 0.15) is 37.3 Å². The number of hydrogen-bond acceptors (Lipinski definition) is 2. The number of pyridine rings is 1. The zero-order valence-corrected chi connectivity index (χ0v) is 14.6. The zero-order valence-electron chi connectivity index (χ0n) is 14.6. The maximum Gasteiger partial charge on any atom is 0.317 e. The molecule has 25 heavy (non-hydrogen) atoms. The third-order valence-electron chi connectivity index (χ3n) is 4.78. The van der Waals surface area contributed by atoms with Crippen LogP contribution < -0.4 is 10.9 Å². The molecule has 0 bridgehead atoms. The highest BCUT2D eigenvalue weighted by Crippen LogP contribution is 2.16. The number of amides is 2. The molecule has 1 N–H and O–H groups in total. The third-order valence-corrected chi connectivity index (χ3v) is 4.78. The molecule has 1 aliphatic rings. The van der Waals surface area contributed by atoms with Gasteiger partial charge in [0.15, 0.2) is 0 Å². The lowest BCUT2D eigenvalue weighted by Crippen LogP contribution is -2.47. The first-order chi connectivity index (χ1) is 12.1. The van der Waals surface area contributed by atoms with E-state index in [1.807, 2.05) is 35.2 Å². The predicted octanol–water partition coefficient (Wildman–Crippen LogP) is 2.98. The number of carbonyl (C=O) groups is 1. The summed E-state index contributed by atoms with van der Waals surface area (Å²) >= 11 is 0. The number of benzene rings is 1. The quantitative estimate of drug-likeness (QED) is 0.931. The summed E-state index contributed by atoms with van der Waals surface area (Å²) < 4.78 is 1.68. The molecule has 1 aromatic heterocycles. The molecule has 0 saturated carbocycles. The van der Waals surface area contributed by atoms with Crippen molar-refractivity contribution in [3.63, 3.8) is 0 Å². The summed E-state index contributed by atoms with van der Waals surface area (Å²) in [7, 11) is 0. The Hall–Kier alpha value is -2.56. The van der Waals surface area contributed by atoms with Gasteiger partial charge in [-0.15, -0.1) is 0 Å². The summed E-state index contributed by atoms with van der Waals surface area (Å²) in [6.07, 6.45) is 5.17. The van der Waals surface area contributed by atoms with Gasteiger partial charge >= 0.3 is 6.03 Å². The fraction of sp³-hybridized carbons (Fsp3) is 0.400. The van der Waals surface area contributed by atoms with E-state index in [0.29, 0.717) is 19.1 Å². The van der Waals surface area contributed by atoms with Crippen LogP contribution in [0.15, 0.2) is 53.5 Å². The van der Waals surface area contributed by atoms with Crippen LogP contribution in [0.25, 0.3) is 0 Å². The van der Waals surface area contributed by atoms with Crippen molar-refractivity contribution in [1.82, 2.24) is 14.8 Å². The molecule has 5 heteroatoms. The Bertz CT molecular complexity index is 767. The maximum absolute atomic E-state index is 12.3. The lowest BCUT2D eigenvalue weighted by molar-refractivity contribution is 0.158. The molecule has 0 spiro atoms. The molecule has 2 aromatic rings. The molecule has 2 amide bonds. The van der Waals surface area contributed by atoms with Gasteiger partial charge < -0.3 is 14.8 Å². The first-order valence-electron chi connectivity index (χ1n) is 8.91. The highest BCUT2D eigenvalue weighted by Gasteiger charge is 2.22. The Labute approximate surface area is 148 Å². The molecule has 2 heterocycles. The summed E-state index contributed by atoms with van der Waals surface area (Å²) in [6.45, 7) is 4.03. The number of nitrogens with one attached hydrogen (secondary N) is 1. The van der Waals surface area contributed by atoms with Crippen LogP contribution in [0, 0.1) is 0 Å². The van der Waals surface area contributed by atoms with Crippen molar-refractivity contribution in [3.05, 3.63) is 70.1 Å². The van der Waals surface area contributed by atoms with Gasteiger partial charge in [-0.25, -0.2) is 4.79 Å². The number of likely N-dealkylation sites (tertiary alicyclic amines) is 1. The van der Waals surface area contributed by atoms with Gasteiger partial charge in [-0.1, -0.05) is 30.3 Å². The van der Waals surface area contributed by atoms with Crippen molar-refractivity contribution in [2.24, 2.45) is 0 Å². The maximum atomic E-state index is 12.3. The first-order valence-corrected chi connectivity index (χ1v) is 8.91. The molecular formula is C20H25N3O2. The molecule has 1 unspecified atom stereocenters. The van der Waals surface area contributed by atoms with E-state index in [2.05, 4.69) is 12.2 Å². The van der Waals surface area contributed by atoms with Crippen molar-refractivity contribution >= 4 is 6.03 Å². The van der Waals surface area contributed by atoms with Gasteiger partial charge in [-0.2, -0.15) is 0 Å². The van der Waals surface area contributed by atoms with Crippen molar-refractivity contribution < 1.29 is 4.79 Å². The molecule has 0 aliphatic carbocycles. The number of hydrogen-bond donors (Lipinski definition) is 1. The second kappa shape index (κ2) is 8.01. The van der Waals surface area contributed by atoms with Crippen molar-refractivity contribution in [3.8, 4) is 0 Å². The number of piperidine rings is 1. The van der Waals surface area contributed by atoms with E-state index in [9.17, 15) is 9.59 Å². The van der Waals surface area contributed by atoms with Gasteiger partial charge in [0.1, 0.15) is 0 Å². The van der Waals surface area contributed by atoms with Crippen LogP contribution >= 0.6 is 0 Å². The zero-order chi connectivity index (χ0) is 17.6. The Morgan fingerprint density at radius 1 is 1.12 bits per heavy atom. The molecule has 1 saturated heterocycles. The Morgan fingerprint density at radius 2 is 1.88 bits per heavy atom. The van der Waals surface area contributed by atoms with Crippen LogP contribution in [-0.4, -0.2) is 28.1 Å². The number of carbonyl (C=O) groups excluding carboxylic acids is 1. The first kappa shape index (κ1) is 17.3. The fourth-order valence-electron chi connectivity index (χ4n) is 3.23. The molecule has 1 aliphatic heterocycles. The largest absolute Gasteiger partial charge is 0.334 e. The summed E-state index contributed by atoms with van der Waals surface area (Å²) in [5, 5.41) is 3.01. The van der Waals surface area contributed by atoms with Crippen molar-refractivity contribution in [2.45, 2.75) is 45.3 Å². The minimum Gasteiger partial charge on any atom is -0.334 e. The third kappa shape index (κ3) is 4.50. The molecule has 1 aromatic carbocycles. The van der Waals surface area contributed by atoms with Crippen molar-refractivity contribution in [2.75, 3.05) is 6.54 Å². The van der Waals surface area contributed by atoms with Gasteiger partial charge in [0.25, 0.3) is 5.56 Å². The average molecular weight is 339 g/mol. The topological polar surface area (TPSA) is 54.3 Å².